The normalized spacial score (nSPS) is 12.4. The van der Waals surface area contributed by atoms with Crippen LogP contribution >= 0.6 is 0 Å². The molecule has 2 aromatic heterocycles. The fourth-order valence-electron chi connectivity index (χ4n) is 4.29. The van der Waals surface area contributed by atoms with Crippen LogP contribution in [0.3, 0.4) is 0 Å². The Labute approximate surface area is 222 Å². The number of carbonyl (C=O) groups excluding carboxylic acids is 1. The molecule has 2 N–H and O–H groups in total. The van der Waals surface area contributed by atoms with Crippen molar-refractivity contribution in [2.75, 3.05) is 20.0 Å². The molecule has 200 valence electrons. The van der Waals surface area contributed by atoms with E-state index in [2.05, 4.69) is 4.98 Å². The summed E-state index contributed by atoms with van der Waals surface area (Å²) in [5, 5.41) is 0.779. The third-order valence-electron chi connectivity index (χ3n) is 5.96. The fraction of sp³-hybridized carbons (Fsp3) is 0.286. The lowest BCUT2D eigenvalue weighted by Crippen LogP contribution is -2.21. The van der Waals surface area contributed by atoms with Gasteiger partial charge in [0, 0.05) is 37.0 Å². The number of para-hydroxylation sites is 1. The van der Waals surface area contributed by atoms with Gasteiger partial charge in [0.05, 0.1) is 30.5 Å². The van der Waals surface area contributed by atoms with Gasteiger partial charge in [0.2, 0.25) is 10.0 Å². The maximum absolute atomic E-state index is 12.5. The first kappa shape index (κ1) is 27.3. The zero-order valence-corrected chi connectivity index (χ0v) is 22.4. The van der Waals surface area contributed by atoms with Crippen molar-refractivity contribution >= 4 is 26.9 Å². The standard InChI is InChI=1S/C28H31N3O6S/c1-19(17-35-2)37-28(32)15-22-6-4-5-7-27(22)36-18-20-12-25(21-8-10-30-23(14-21)16-29)24-9-11-31(26(24)13-20)38(3,33)34/h4-14,19H,15-18,29H2,1-3H3. The summed E-state index contributed by atoms with van der Waals surface area (Å²) in [5.74, 6) is 0.159. The van der Waals surface area contributed by atoms with E-state index in [1.165, 1.54) is 3.97 Å². The Kier molecular flexibility index (Phi) is 8.45. The van der Waals surface area contributed by atoms with E-state index in [1.54, 1.807) is 44.6 Å². The second kappa shape index (κ2) is 11.8. The average molecular weight is 538 g/mol. The molecule has 0 saturated heterocycles. The van der Waals surface area contributed by atoms with Crippen LogP contribution in [0.25, 0.3) is 22.0 Å². The zero-order valence-electron chi connectivity index (χ0n) is 21.6. The molecule has 0 radical (unpaired) electrons. The van der Waals surface area contributed by atoms with Crippen LogP contribution in [0.4, 0.5) is 0 Å². The lowest BCUT2D eigenvalue weighted by atomic mass is 9.99. The fourth-order valence-corrected chi connectivity index (χ4v) is 5.08. The van der Waals surface area contributed by atoms with Gasteiger partial charge in [-0.1, -0.05) is 18.2 Å². The number of aromatic nitrogens is 2. The molecular weight excluding hydrogens is 506 g/mol. The number of benzene rings is 2. The number of fused-ring (bicyclic) bond motifs is 1. The molecule has 0 saturated carbocycles. The van der Waals surface area contributed by atoms with E-state index in [0.29, 0.717) is 23.4 Å². The quantitative estimate of drug-likeness (QED) is 0.288. The monoisotopic (exact) mass is 537 g/mol. The van der Waals surface area contributed by atoms with E-state index in [9.17, 15) is 13.2 Å². The van der Waals surface area contributed by atoms with Crippen LogP contribution in [0.5, 0.6) is 5.75 Å². The first-order valence-corrected chi connectivity index (χ1v) is 13.9. The molecule has 0 aliphatic carbocycles. The molecule has 9 nitrogen and oxygen atoms in total. The summed E-state index contributed by atoms with van der Waals surface area (Å²) in [6.45, 7) is 2.52. The smallest absolute Gasteiger partial charge is 0.310 e. The van der Waals surface area contributed by atoms with Gasteiger partial charge < -0.3 is 19.9 Å². The zero-order chi connectivity index (χ0) is 27.3. The number of ether oxygens (including phenoxy) is 3. The van der Waals surface area contributed by atoms with Crippen LogP contribution < -0.4 is 10.5 Å². The van der Waals surface area contributed by atoms with Crippen molar-refractivity contribution in [3.63, 3.8) is 0 Å². The summed E-state index contributed by atoms with van der Waals surface area (Å²) in [4.78, 5) is 16.7. The predicted octanol–water partition coefficient (Wildman–Crippen LogP) is 3.67. The second-order valence-electron chi connectivity index (χ2n) is 9.02. The lowest BCUT2D eigenvalue weighted by molar-refractivity contribution is -0.149. The first-order chi connectivity index (χ1) is 18.2. The van der Waals surface area contributed by atoms with Crippen LogP contribution in [0.15, 0.2) is 67.0 Å². The SMILES string of the molecule is COCC(C)OC(=O)Cc1ccccc1OCc1cc(-c2ccnc(CN)c2)c2ccn(S(C)(=O)=O)c2c1. The lowest BCUT2D eigenvalue weighted by Gasteiger charge is -2.15. The minimum absolute atomic E-state index is 0.0460. The Hall–Kier alpha value is -3.73. The van der Waals surface area contributed by atoms with Crippen molar-refractivity contribution < 1.29 is 27.4 Å². The number of pyridine rings is 1. The van der Waals surface area contributed by atoms with Crippen molar-refractivity contribution in [2.24, 2.45) is 5.73 Å². The third-order valence-corrected chi connectivity index (χ3v) is 6.99. The first-order valence-electron chi connectivity index (χ1n) is 12.1. The van der Waals surface area contributed by atoms with E-state index in [1.807, 2.05) is 36.4 Å². The molecule has 0 aliphatic rings. The minimum atomic E-state index is -3.53. The maximum Gasteiger partial charge on any atom is 0.310 e. The number of hydrogen-bond acceptors (Lipinski definition) is 8. The molecule has 1 atom stereocenters. The van der Waals surface area contributed by atoms with Gasteiger partial charge in [0.25, 0.3) is 0 Å². The van der Waals surface area contributed by atoms with Crippen LogP contribution in [0.2, 0.25) is 0 Å². The summed E-state index contributed by atoms with van der Waals surface area (Å²) >= 11 is 0. The number of carbonyl (C=O) groups is 1. The molecule has 2 heterocycles. The van der Waals surface area contributed by atoms with E-state index in [0.717, 1.165) is 34.0 Å². The second-order valence-corrected chi connectivity index (χ2v) is 10.9. The molecule has 4 aromatic rings. The maximum atomic E-state index is 12.5. The molecule has 0 spiro atoms. The molecule has 0 amide bonds. The van der Waals surface area contributed by atoms with Gasteiger partial charge in [-0.05, 0) is 60.0 Å². The number of hydrogen-bond donors (Lipinski definition) is 1. The third kappa shape index (κ3) is 6.39. The molecule has 0 bridgehead atoms. The molecule has 2 aromatic carbocycles. The van der Waals surface area contributed by atoms with Crippen LogP contribution in [0.1, 0.15) is 23.7 Å². The van der Waals surface area contributed by atoms with Crippen LogP contribution in [-0.4, -0.2) is 49.4 Å². The van der Waals surface area contributed by atoms with Crippen molar-refractivity contribution in [2.45, 2.75) is 32.6 Å². The molecular formula is C28H31N3O6S. The Morgan fingerprint density at radius 3 is 2.66 bits per heavy atom. The van der Waals surface area contributed by atoms with E-state index in [-0.39, 0.29) is 31.6 Å². The number of nitrogens with zero attached hydrogens (tertiary/aromatic N) is 2. The van der Waals surface area contributed by atoms with Crippen molar-refractivity contribution in [1.82, 2.24) is 8.96 Å². The Bertz CT molecular complexity index is 1550. The molecule has 4 rings (SSSR count). The summed E-state index contributed by atoms with van der Waals surface area (Å²) < 4.78 is 42.7. The van der Waals surface area contributed by atoms with Crippen molar-refractivity contribution in [3.05, 3.63) is 83.8 Å². The topological polar surface area (TPSA) is 123 Å². The number of nitrogens with two attached hydrogens (primary N) is 1. The number of methoxy groups -OCH3 is 1. The highest BCUT2D eigenvalue weighted by Crippen LogP contribution is 2.33. The van der Waals surface area contributed by atoms with Crippen molar-refractivity contribution in [3.8, 4) is 16.9 Å². The van der Waals surface area contributed by atoms with Gasteiger partial charge in [-0.3, -0.25) is 9.78 Å². The van der Waals surface area contributed by atoms with E-state index < -0.39 is 10.0 Å². The minimum Gasteiger partial charge on any atom is -0.489 e. The van der Waals surface area contributed by atoms with Crippen LogP contribution in [0, 0.1) is 0 Å². The molecule has 1 unspecified atom stereocenters. The molecule has 38 heavy (non-hydrogen) atoms. The highest BCUT2D eigenvalue weighted by atomic mass is 32.2. The molecule has 10 heteroatoms. The Balaban J connectivity index is 1.66. The highest BCUT2D eigenvalue weighted by molar-refractivity contribution is 7.89. The summed E-state index contributed by atoms with van der Waals surface area (Å²) in [6.07, 6.45) is 4.08. The molecule has 0 fully saturated rings. The summed E-state index contributed by atoms with van der Waals surface area (Å²) in [7, 11) is -1.98. The van der Waals surface area contributed by atoms with E-state index >= 15 is 0 Å². The number of esters is 1. The highest BCUT2D eigenvalue weighted by Gasteiger charge is 2.17. The van der Waals surface area contributed by atoms with E-state index in [4.69, 9.17) is 19.9 Å². The van der Waals surface area contributed by atoms with Crippen molar-refractivity contribution in [1.29, 1.82) is 0 Å². The Morgan fingerprint density at radius 2 is 1.92 bits per heavy atom. The predicted molar refractivity (Wildman–Crippen MR) is 145 cm³/mol. The van der Waals surface area contributed by atoms with Gasteiger partial charge in [0.15, 0.2) is 0 Å². The van der Waals surface area contributed by atoms with Gasteiger partial charge in [-0.25, -0.2) is 12.4 Å². The Morgan fingerprint density at radius 1 is 1.13 bits per heavy atom. The number of rotatable bonds is 11. The molecule has 0 aliphatic heterocycles. The van der Waals surface area contributed by atoms with Crippen LogP contribution in [-0.2, 0) is 43.9 Å². The summed E-state index contributed by atoms with van der Waals surface area (Å²) in [5.41, 5.74) is 10.2. The largest absolute Gasteiger partial charge is 0.489 e. The van der Waals surface area contributed by atoms with Gasteiger partial charge in [0.1, 0.15) is 18.5 Å². The average Bonchev–Trinajstić information content (AvgIpc) is 3.32. The van der Waals surface area contributed by atoms with Gasteiger partial charge in [-0.15, -0.1) is 0 Å². The summed E-state index contributed by atoms with van der Waals surface area (Å²) in [6, 6.07) is 16.6. The van der Waals surface area contributed by atoms with Gasteiger partial charge >= 0.3 is 5.97 Å². The van der Waals surface area contributed by atoms with Gasteiger partial charge in [-0.2, -0.15) is 0 Å².